The van der Waals surface area contributed by atoms with E-state index in [0.29, 0.717) is 12.3 Å². The molecule has 0 bridgehead atoms. The molecule has 0 fully saturated rings. The van der Waals surface area contributed by atoms with Crippen LogP contribution in [-0.4, -0.2) is 31.3 Å². The molecule has 1 atom stereocenters. The molecular formula is C20H19NO4. The summed E-state index contributed by atoms with van der Waals surface area (Å²) in [7, 11) is 1.67. The molecule has 2 aliphatic heterocycles. The summed E-state index contributed by atoms with van der Waals surface area (Å²) in [6.45, 7) is 2.55. The Bertz CT molecular complexity index is 905. The van der Waals surface area contributed by atoms with Crippen LogP contribution in [0, 0.1) is 0 Å². The molecule has 1 amide bonds. The Labute approximate surface area is 146 Å². The highest BCUT2D eigenvalue weighted by Crippen LogP contribution is 2.58. The molecular weight excluding hydrogens is 318 g/mol. The molecule has 0 aromatic heterocycles. The lowest BCUT2D eigenvalue weighted by molar-refractivity contribution is -0.131. The second kappa shape index (κ2) is 5.15. The van der Waals surface area contributed by atoms with Gasteiger partial charge in [-0.05, 0) is 29.5 Å². The van der Waals surface area contributed by atoms with Crippen molar-refractivity contribution in [3.63, 3.8) is 0 Å². The quantitative estimate of drug-likeness (QED) is 0.802. The Morgan fingerprint density at radius 3 is 2.84 bits per heavy atom. The van der Waals surface area contributed by atoms with E-state index in [0.717, 1.165) is 35.5 Å². The average Bonchev–Trinajstić information content (AvgIpc) is 3.10. The fourth-order valence-corrected chi connectivity index (χ4v) is 4.55. The number of hydrogen-bond acceptors (Lipinski definition) is 4. The SMILES string of the molecule is COc1c2c3c(c4c1OCO4)-c1ccccc1C[C@H]3N(C(C)=O)CC2. The number of methoxy groups -OCH3 is 1. The van der Waals surface area contributed by atoms with E-state index in [4.69, 9.17) is 14.2 Å². The molecule has 2 aromatic carbocycles. The Kier molecular flexibility index (Phi) is 3.02. The molecule has 2 heterocycles. The van der Waals surface area contributed by atoms with Gasteiger partial charge in [-0.25, -0.2) is 0 Å². The Hall–Kier alpha value is -2.69. The van der Waals surface area contributed by atoms with Crippen LogP contribution < -0.4 is 14.2 Å². The maximum atomic E-state index is 12.3. The van der Waals surface area contributed by atoms with Crippen LogP contribution in [0.1, 0.15) is 29.7 Å². The monoisotopic (exact) mass is 337 g/mol. The van der Waals surface area contributed by atoms with Gasteiger partial charge in [-0.2, -0.15) is 0 Å². The molecule has 0 radical (unpaired) electrons. The zero-order valence-corrected chi connectivity index (χ0v) is 14.3. The second-order valence-electron chi connectivity index (χ2n) is 6.70. The van der Waals surface area contributed by atoms with Crippen LogP contribution in [0.25, 0.3) is 11.1 Å². The van der Waals surface area contributed by atoms with Gasteiger partial charge in [0, 0.05) is 24.6 Å². The van der Waals surface area contributed by atoms with Crippen molar-refractivity contribution in [2.75, 3.05) is 20.4 Å². The minimum Gasteiger partial charge on any atom is -0.492 e. The first-order valence-corrected chi connectivity index (χ1v) is 8.58. The molecule has 0 saturated heterocycles. The van der Waals surface area contributed by atoms with Gasteiger partial charge in [-0.1, -0.05) is 24.3 Å². The van der Waals surface area contributed by atoms with Crippen LogP contribution in [0.2, 0.25) is 0 Å². The number of rotatable bonds is 1. The van der Waals surface area contributed by atoms with E-state index in [9.17, 15) is 4.79 Å². The summed E-state index contributed by atoms with van der Waals surface area (Å²) < 4.78 is 17.3. The highest BCUT2D eigenvalue weighted by molar-refractivity contribution is 5.87. The number of fused-ring (bicyclic) bond motifs is 4. The smallest absolute Gasteiger partial charge is 0.231 e. The van der Waals surface area contributed by atoms with Crippen LogP contribution in [0.3, 0.4) is 0 Å². The Morgan fingerprint density at radius 2 is 2.04 bits per heavy atom. The molecule has 3 aliphatic rings. The van der Waals surface area contributed by atoms with E-state index >= 15 is 0 Å². The molecule has 0 unspecified atom stereocenters. The topological polar surface area (TPSA) is 48.0 Å². The first kappa shape index (κ1) is 14.6. The number of ether oxygens (including phenoxy) is 3. The van der Waals surface area contributed by atoms with Crippen molar-refractivity contribution in [2.24, 2.45) is 0 Å². The van der Waals surface area contributed by atoms with E-state index in [-0.39, 0.29) is 18.7 Å². The highest BCUT2D eigenvalue weighted by atomic mass is 16.7. The van der Waals surface area contributed by atoms with E-state index in [1.54, 1.807) is 14.0 Å². The van der Waals surface area contributed by atoms with Crippen LogP contribution in [0.5, 0.6) is 17.2 Å². The molecule has 0 saturated carbocycles. The molecule has 1 aliphatic carbocycles. The molecule has 0 N–H and O–H groups in total. The fourth-order valence-electron chi connectivity index (χ4n) is 4.55. The zero-order chi connectivity index (χ0) is 17.1. The van der Waals surface area contributed by atoms with Gasteiger partial charge in [0.1, 0.15) is 0 Å². The van der Waals surface area contributed by atoms with Crippen molar-refractivity contribution in [2.45, 2.75) is 25.8 Å². The standard InChI is InChI=1S/C20H19NO4/c1-11(22)21-8-7-14-16-15(21)9-12-5-3-4-6-13(12)17(16)19-20(18(14)23-2)25-10-24-19/h3-6,15H,7-10H2,1-2H3/t15-/m1/s1. The predicted molar refractivity (Wildman–Crippen MR) is 92.1 cm³/mol. The van der Waals surface area contributed by atoms with Crippen LogP contribution in [0.4, 0.5) is 0 Å². The number of hydrogen-bond donors (Lipinski definition) is 0. The molecule has 128 valence electrons. The highest BCUT2D eigenvalue weighted by Gasteiger charge is 2.42. The van der Waals surface area contributed by atoms with Gasteiger partial charge in [-0.15, -0.1) is 0 Å². The molecule has 5 heteroatoms. The van der Waals surface area contributed by atoms with Gasteiger partial charge >= 0.3 is 0 Å². The van der Waals surface area contributed by atoms with Crippen LogP contribution in [0.15, 0.2) is 24.3 Å². The number of nitrogens with zero attached hydrogens (tertiary/aromatic N) is 1. The van der Waals surface area contributed by atoms with Gasteiger partial charge in [0.05, 0.1) is 13.2 Å². The van der Waals surface area contributed by atoms with E-state index in [1.807, 2.05) is 17.0 Å². The lowest BCUT2D eigenvalue weighted by Crippen LogP contribution is -2.41. The average molecular weight is 337 g/mol. The predicted octanol–water partition coefficient (Wildman–Crippen LogP) is 3.09. The van der Waals surface area contributed by atoms with E-state index in [1.165, 1.54) is 16.7 Å². The Morgan fingerprint density at radius 1 is 1.24 bits per heavy atom. The number of benzene rings is 2. The second-order valence-corrected chi connectivity index (χ2v) is 6.70. The van der Waals surface area contributed by atoms with Crippen molar-refractivity contribution >= 4 is 5.91 Å². The van der Waals surface area contributed by atoms with Crippen molar-refractivity contribution in [1.29, 1.82) is 0 Å². The largest absolute Gasteiger partial charge is 0.492 e. The summed E-state index contributed by atoms with van der Waals surface area (Å²) in [5, 5.41) is 0. The number of carbonyl (C=O) groups is 1. The van der Waals surface area contributed by atoms with Gasteiger partial charge in [-0.3, -0.25) is 4.79 Å². The van der Waals surface area contributed by atoms with Crippen molar-refractivity contribution in [3.05, 3.63) is 41.0 Å². The zero-order valence-electron chi connectivity index (χ0n) is 14.3. The van der Waals surface area contributed by atoms with Gasteiger partial charge in [0.25, 0.3) is 0 Å². The lowest BCUT2D eigenvalue weighted by Gasteiger charge is -2.42. The summed E-state index contributed by atoms with van der Waals surface area (Å²) in [5.41, 5.74) is 5.80. The Balaban J connectivity index is 1.88. The van der Waals surface area contributed by atoms with Crippen molar-refractivity contribution < 1.29 is 19.0 Å². The molecule has 5 rings (SSSR count). The number of amides is 1. The fraction of sp³-hybridized carbons (Fsp3) is 0.350. The van der Waals surface area contributed by atoms with Crippen molar-refractivity contribution in [3.8, 4) is 28.4 Å². The normalized spacial score (nSPS) is 19.3. The minimum atomic E-state index is 0.0227. The van der Waals surface area contributed by atoms with Crippen LogP contribution >= 0.6 is 0 Å². The summed E-state index contributed by atoms with van der Waals surface area (Å²) in [6.07, 6.45) is 1.58. The molecule has 25 heavy (non-hydrogen) atoms. The summed E-state index contributed by atoms with van der Waals surface area (Å²) in [5.74, 6) is 2.32. The minimum absolute atomic E-state index is 0.0227. The van der Waals surface area contributed by atoms with Crippen molar-refractivity contribution in [1.82, 2.24) is 4.90 Å². The molecule has 5 nitrogen and oxygen atoms in total. The number of carbonyl (C=O) groups excluding carboxylic acids is 1. The first-order chi connectivity index (χ1) is 12.2. The molecule has 0 spiro atoms. The van der Waals surface area contributed by atoms with Gasteiger partial charge in [0.15, 0.2) is 11.5 Å². The third-order valence-electron chi connectivity index (χ3n) is 5.54. The molecule has 2 aromatic rings. The first-order valence-electron chi connectivity index (χ1n) is 8.58. The lowest BCUT2D eigenvalue weighted by atomic mass is 9.76. The van der Waals surface area contributed by atoms with E-state index in [2.05, 4.69) is 12.1 Å². The third-order valence-corrected chi connectivity index (χ3v) is 5.54. The van der Waals surface area contributed by atoms with Gasteiger partial charge in [0.2, 0.25) is 18.4 Å². The summed E-state index contributed by atoms with van der Waals surface area (Å²) in [6, 6.07) is 8.38. The maximum absolute atomic E-state index is 12.3. The summed E-state index contributed by atoms with van der Waals surface area (Å²) >= 11 is 0. The third kappa shape index (κ3) is 1.86. The van der Waals surface area contributed by atoms with Crippen LogP contribution in [-0.2, 0) is 17.6 Å². The van der Waals surface area contributed by atoms with Gasteiger partial charge < -0.3 is 19.1 Å². The summed E-state index contributed by atoms with van der Waals surface area (Å²) in [4.78, 5) is 14.2. The van der Waals surface area contributed by atoms with E-state index < -0.39 is 0 Å². The maximum Gasteiger partial charge on any atom is 0.231 e.